The fourth-order valence-corrected chi connectivity index (χ4v) is 5.10. The minimum Gasteiger partial charge on any atom is -0.345 e. The zero-order valence-corrected chi connectivity index (χ0v) is 24.0. The third-order valence-corrected chi connectivity index (χ3v) is 7.61. The molecular weight excluding hydrogens is 525 g/mol. The van der Waals surface area contributed by atoms with Crippen molar-refractivity contribution in [1.82, 2.24) is 14.8 Å². The summed E-state index contributed by atoms with van der Waals surface area (Å²) in [6, 6.07) is 17.0. The summed E-state index contributed by atoms with van der Waals surface area (Å²) in [4.78, 5) is 24.1. The van der Waals surface area contributed by atoms with Crippen LogP contribution in [-0.4, -0.2) is 53.4 Å². The highest BCUT2D eigenvalue weighted by Crippen LogP contribution is 2.29. The van der Waals surface area contributed by atoms with E-state index >= 15 is 0 Å². The third kappa shape index (κ3) is 8.67. The van der Waals surface area contributed by atoms with Crippen molar-refractivity contribution in [3.05, 3.63) is 95.8 Å². The number of halogens is 3. The molecule has 8 heteroatoms. The molecule has 1 aliphatic rings. The van der Waals surface area contributed by atoms with Gasteiger partial charge in [0, 0.05) is 56.0 Å². The highest BCUT2D eigenvalue weighted by molar-refractivity contribution is 5.92. The van der Waals surface area contributed by atoms with Crippen LogP contribution in [0.25, 0.3) is 6.08 Å². The van der Waals surface area contributed by atoms with E-state index < -0.39 is 11.7 Å². The number of piperidine rings is 1. The molecule has 1 amide bonds. The summed E-state index contributed by atoms with van der Waals surface area (Å²) in [6.45, 7) is 7.75. The predicted molar refractivity (Wildman–Crippen MR) is 159 cm³/mol. The van der Waals surface area contributed by atoms with Gasteiger partial charge in [-0.3, -0.25) is 9.78 Å². The van der Waals surface area contributed by atoms with Gasteiger partial charge in [-0.15, -0.1) is 0 Å². The second-order valence-electron chi connectivity index (χ2n) is 11.1. The molecule has 1 aromatic heterocycles. The lowest BCUT2D eigenvalue weighted by Crippen LogP contribution is -2.49. The summed E-state index contributed by atoms with van der Waals surface area (Å²) in [7, 11) is 2.00. The third-order valence-electron chi connectivity index (χ3n) is 7.61. The Kier molecular flexibility index (Phi) is 10.2. The molecule has 4 rings (SSSR count). The highest BCUT2D eigenvalue weighted by Gasteiger charge is 2.30. The van der Waals surface area contributed by atoms with E-state index in [-0.39, 0.29) is 11.9 Å². The fourth-order valence-electron chi connectivity index (χ4n) is 5.10. The van der Waals surface area contributed by atoms with Crippen LogP contribution in [0.2, 0.25) is 0 Å². The van der Waals surface area contributed by atoms with Gasteiger partial charge >= 0.3 is 6.18 Å². The van der Waals surface area contributed by atoms with Crippen LogP contribution in [-0.2, 0) is 17.5 Å². The zero-order valence-electron chi connectivity index (χ0n) is 24.0. The monoisotopic (exact) mass is 564 g/mol. The smallest absolute Gasteiger partial charge is 0.345 e. The van der Waals surface area contributed by atoms with Crippen LogP contribution in [0.1, 0.15) is 49.8 Å². The maximum absolute atomic E-state index is 13.6. The second-order valence-corrected chi connectivity index (χ2v) is 11.1. The Morgan fingerprint density at radius 2 is 1.68 bits per heavy atom. The van der Waals surface area contributed by atoms with Gasteiger partial charge in [0.15, 0.2) is 0 Å². The maximum Gasteiger partial charge on any atom is 0.416 e. The van der Waals surface area contributed by atoms with Crippen LogP contribution >= 0.6 is 0 Å². The average molecular weight is 565 g/mol. The largest absolute Gasteiger partial charge is 0.416 e. The molecule has 0 bridgehead atoms. The normalized spacial score (nSPS) is 16.3. The van der Waals surface area contributed by atoms with Crippen molar-refractivity contribution in [2.45, 2.75) is 51.9 Å². The van der Waals surface area contributed by atoms with Crippen LogP contribution in [0.5, 0.6) is 0 Å². The predicted octanol–water partition coefficient (Wildman–Crippen LogP) is 7.42. The first kappa shape index (κ1) is 30.3. The number of rotatable bonds is 10. The number of anilines is 2. The Labute approximate surface area is 241 Å². The number of pyridine rings is 1. The van der Waals surface area contributed by atoms with E-state index in [4.69, 9.17) is 0 Å². The Hall–Kier alpha value is -3.65. The van der Waals surface area contributed by atoms with E-state index in [1.165, 1.54) is 18.2 Å². The topological polar surface area (TPSA) is 39.7 Å². The first-order valence-corrected chi connectivity index (χ1v) is 14.2. The SMILES string of the molecule is CC(C)CCN1CCCC(N(Cc2ccc(N(C)c3ccncc3)cc2)C(=O)C=Cc2ccc(C(F)(F)F)cc2)C1. The van der Waals surface area contributed by atoms with Gasteiger partial charge in [-0.1, -0.05) is 38.1 Å². The van der Waals surface area contributed by atoms with Gasteiger partial charge in [0.25, 0.3) is 0 Å². The van der Waals surface area contributed by atoms with Crippen LogP contribution in [0.4, 0.5) is 24.5 Å². The summed E-state index contributed by atoms with van der Waals surface area (Å²) < 4.78 is 38.9. The van der Waals surface area contributed by atoms with Crippen LogP contribution in [0.3, 0.4) is 0 Å². The molecule has 1 atom stereocenters. The molecule has 2 heterocycles. The molecule has 1 aliphatic heterocycles. The van der Waals surface area contributed by atoms with E-state index in [9.17, 15) is 18.0 Å². The van der Waals surface area contributed by atoms with Gasteiger partial charge in [-0.05, 0) is 91.9 Å². The number of hydrogen-bond acceptors (Lipinski definition) is 4. The Morgan fingerprint density at radius 3 is 2.32 bits per heavy atom. The van der Waals surface area contributed by atoms with E-state index in [1.807, 2.05) is 48.3 Å². The second kappa shape index (κ2) is 13.8. The Balaban J connectivity index is 1.51. The molecule has 0 saturated carbocycles. The van der Waals surface area contributed by atoms with Crippen molar-refractivity contribution < 1.29 is 18.0 Å². The van der Waals surface area contributed by atoms with Crippen LogP contribution in [0.15, 0.2) is 79.1 Å². The maximum atomic E-state index is 13.6. The average Bonchev–Trinajstić information content (AvgIpc) is 2.98. The molecule has 3 aromatic rings. The number of nitrogens with zero attached hydrogens (tertiary/aromatic N) is 4. The number of aromatic nitrogens is 1. The van der Waals surface area contributed by atoms with Gasteiger partial charge in [-0.25, -0.2) is 0 Å². The van der Waals surface area contributed by atoms with Crippen LogP contribution in [0, 0.1) is 5.92 Å². The minimum absolute atomic E-state index is 0.0554. The van der Waals surface area contributed by atoms with Crippen molar-refractivity contribution in [2.75, 3.05) is 31.6 Å². The molecule has 2 aromatic carbocycles. The molecule has 0 radical (unpaired) electrons. The molecule has 5 nitrogen and oxygen atoms in total. The highest BCUT2D eigenvalue weighted by atomic mass is 19.4. The summed E-state index contributed by atoms with van der Waals surface area (Å²) in [5, 5.41) is 0. The van der Waals surface area contributed by atoms with E-state index in [1.54, 1.807) is 18.5 Å². The van der Waals surface area contributed by atoms with Gasteiger partial charge in [-0.2, -0.15) is 13.2 Å². The van der Waals surface area contributed by atoms with E-state index in [2.05, 4.69) is 28.6 Å². The lowest BCUT2D eigenvalue weighted by molar-refractivity contribution is -0.137. The summed E-state index contributed by atoms with van der Waals surface area (Å²) >= 11 is 0. The Morgan fingerprint density at radius 1 is 1.02 bits per heavy atom. The molecule has 1 unspecified atom stereocenters. The molecular formula is C33H39F3N4O. The molecule has 0 N–H and O–H groups in total. The number of carbonyl (C=O) groups is 1. The number of likely N-dealkylation sites (tertiary alicyclic amines) is 1. The lowest BCUT2D eigenvalue weighted by atomic mass is 10.0. The number of benzene rings is 2. The van der Waals surface area contributed by atoms with Crippen molar-refractivity contribution in [2.24, 2.45) is 5.92 Å². The van der Waals surface area contributed by atoms with Crippen molar-refractivity contribution in [1.29, 1.82) is 0 Å². The zero-order chi connectivity index (χ0) is 29.4. The molecule has 218 valence electrons. The van der Waals surface area contributed by atoms with E-state index in [0.717, 1.165) is 68.0 Å². The summed E-state index contributed by atoms with van der Waals surface area (Å²) in [5.74, 6) is 0.474. The number of carbonyl (C=O) groups excluding carboxylic acids is 1. The lowest BCUT2D eigenvalue weighted by Gasteiger charge is -2.39. The summed E-state index contributed by atoms with van der Waals surface area (Å²) in [5.41, 5.74) is 2.92. The van der Waals surface area contributed by atoms with E-state index in [0.29, 0.717) is 18.0 Å². The number of hydrogen-bond donors (Lipinski definition) is 0. The van der Waals surface area contributed by atoms with Gasteiger partial charge in [0.1, 0.15) is 0 Å². The summed E-state index contributed by atoms with van der Waals surface area (Å²) in [6.07, 6.45) is 5.27. The van der Waals surface area contributed by atoms with Gasteiger partial charge < -0.3 is 14.7 Å². The first-order chi connectivity index (χ1) is 19.6. The molecule has 41 heavy (non-hydrogen) atoms. The fraction of sp³-hybridized carbons (Fsp3) is 0.394. The molecule has 0 spiro atoms. The standard InChI is InChI=1S/C33H39F3N4O/c1-25(2)18-22-39-21-4-5-31(24-39)40(32(41)15-10-26-6-11-28(12-7-26)33(34,35)36)23-27-8-13-29(14-9-27)38(3)30-16-19-37-20-17-30/h6-17,19-20,25,31H,4-5,18,21-24H2,1-3H3. The number of amides is 1. The van der Waals surface area contributed by atoms with Crippen molar-refractivity contribution >= 4 is 23.4 Å². The van der Waals surface area contributed by atoms with Gasteiger partial charge in [0.2, 0.25) is 5.91 Å². The van der Waals surface area contributed by atoms with Gasteiger partial charge in [0.05, 0.1) is 5.56 Å². The molecule has 1 fully saturated rings. The first-order valence-electron chi connectivity index (χ1n) is 14.2. The Bertz CT molecular complexity index is 1270. The number of alkyl halides is 3. The van der Waals surface area contributed by atoms with Crippen LogP contribution < -0.4 is 4.90 Å². The van der Waals surface area contributed by atoms with Crippen molar-refractivity contribution in [3.63, 3.8) is 0 Å². The molecule has 0 aliphatic carbocycles. The quantitative estimate of drug-likeness (QED) is 0.240. The molecule has 1 saturated heterocycles. The minimum atomic E-state index is -4.39. The van der Waals surface area contributed by atoms with Crippen molar-refractivity contribution in [3.8, 4) is 0 Å².